The van der Waals surface area contributed by atoms with E-state index in [2.05, 4.69) is 64.1 Å². The van der Waals surface area contributed by atoms with Gasteiger partial charge in [-0.05, 0) is 0 Å². The van der Waals surface area contributed by atoms with Crippen molar-refractivity contribution in [2.75, 3.05) is 0 Å². The molecule has 0 heterocycles. The van der Waals surface area contributed by atoms with Crippen LogP contribution in [0.2, 0.25) is 0 Å². The zero-order valence-corrected chi connectivity index (χ0v) is 11.6. The Hall–Kier alpha value is -0.677. The molecule has 0 unspecified atom stereocenters. The Morgan fingerprint density at radius 3 is 1.20 bits per heavy atom. The van der Waals surface area contributed by atoms with E-state index in [1.165, 1.54) is 22.3 Å². The van der Waals surface area contributed by atoms with Crippen LogP contribution < -0.4 is 0 Å². The summed E-state index contributed by atoms with van der Waals surface area (Å²) in [6.45, 7) is 8.48. The second-order valence-corrected chi connectivity index (χ2v) is 3.78. The minimum atomic E-state index is 0. The Balaban J connectivity index is 0.000000245. The van der Waals surface area contributed by atoms with Crippen LogP contribution in [-0.4, -0.2) is 0 Å². The molecule has 0 fully saturated rings. The molecule has 0 bridgehead atoms. The quantitative estimate of drug-likeness (QED) is 0.507. The van der Waals surface area contributed by atoms with Gasteiger partial charge < -0.3 is 0 Å². The van der Waals surface area contributed by atoms with Crippen molar-refractivity contribution in [3.05, 3.63) is 58.7 Å². The maximum absolute atomic E-state index is 2.12. The minimum absolute atomic E-state index is 0. The molecule has 0 saturated carbocycles. The predicted octanol–water partition coefficient (Wildman–Crippen LogP) is 4.04. The van der Waals surface area contributed by atoms with Crippen LogP contribution in [0.5, 0.6) is 0 Å². The molecule has 2 aromatic rings. The molecule has 0 saturated heterocycles. The fourth-order valence-corrected chi connectivity index (χ4v) is 1.20. The van der Waals surface area contributed by atoms with E-state index < -0.39 is 0 Å². The van der Waals surface area contributed by atoms with Crippen molar-refractivity contribution in [2.45, 2.75) is 27.7 Å². The molecule has 0 aliphatic rings. The Morgan fingerprint density at radius 1 is 0.800 bits per heavy atom. The van der Waals surface area contributed by atoms with Gasteiger partial charge in [-0.1, -0.05) is 27.7 Å². The van der Waals surface area contributed by atoms with E-state index in [0.717, 1.165) is 0 Å². The second kappa shape index (κ2) is 6.74. The summed E-state index contributed by atoms with van der Waals surface area (Å²) >= 11 is 0. The van der Waals surface area contributed by atoms with Gasteiger partial charge in [-0.15, -0.1) is 0 Å². The van der Waals surface area contributed by atoms with Crippen molar-refractivity contribution in [3.63, 3.8) is 0 Å². The van der Waals surface area contributed by atoms with Crippen molar-refractivity contribution in [3.8, 4) is 0 Å². The Kier molecular flexibility index (Phi) is 6.44. The van der Waals surface area contributed by atoms with Crippen LogP contribution in [0.3, 0.4) is 0 Å². The number of hydrogen-bond donors (Lipinski definition) is 0. The van der Waals surface area contributed by atoms with Gasteiger partial charge in [0, 0.05) is 0 Å². The minimum Gasteiger partial charge on any atom is -0.213 e. The normalized spacial score (nSPS) is 8.80. The molecular formula is C14H18Ru. The van der Waals surface area contributed by atoms with Crippen LogP contribution in [0.15, 0.2) is 36.4 Å². The summed E-state index contributed by atoms with van der Waals surface area (Å²) in [5.74, 6) is 0. The molecule has 2 aromatic carbocycles. The molecule has 2 rings (SSSR count). The Bertz CT molecular complexity index is 308. The van der Waals surface area contributed by atoms with Gasteiger partial charge in [0.05, 0.1) is 0 Å². The number of hydrogen-bond acceptors (Lipinski definition) is 0. The third kappa shape index (κ3) is 4.58. The molecule has 15 heavy (non-hydrogen) atoms. The van der Waals surface area contributed by atoms with Gasteiger partial charge in [-0.25, -0.2) is 24.3 Å². The summed E-state index contributed by atoms with van der Waals surface area (Å²) in [6, 6.07) is 12.6. The van der Waals surface area contributed by atoms with Gasteiger partial charge in [0.15, 0.2) is 0 Å². The monoisotopic (exact) mass is 288 g/mol. The van der Waals surface area contributed by atoms with Gasteiger partial charge in [0.2, 0.25) is 0 Å². The SMILES string of the molecule is Cc1ccc[c-]1C.Cc1ccc[c-]1C.[Ru+2]. The van der Waals surface area contributed by atoms with E-state index in [0.29, 0.717) is 0 Å². The van der Waals surface area contributed by atoms with Gasteiger partial charge in [-0.3, -0.25) is 0 Å². The van der Waals surface area contributed by atoms with E-state index in [9.17, 15) is 0 Å². The molecule has 0 amide bonds. The topological polar surface area (TPSA) is 0 Å². The van der Waals surface area contributed by atoms with E-state index >= 15 is 0 Å². The van der Waals surface area contributed by atoms with Crippen molar-refractivity contribution >= 4 is 0 Å². The molecule has 0 radical (unpaired) electrons. The van der Waals surface area contributed by atoms with Crippen LogP contribution in [0.1, 0.15) is 22.3 Å². The largest absolute Gasteiger partial charge is 2.00 e. The third-order valence-corrected chi connectivity index (χ3v) is 2.63. The number of aryl methyl sites for hydroxylation is 4. The average molecular weight is 287 g/mol. The first-order valence-corrected chi connectivity index (χ1v) is 4.99. The van der Waals surface area contributed by atoms with Crippen LogP contribution >= 0.6 is 0 Å². The summed E-state index contributed by atoms with van der Waals surface area (Å²) in [5.41, 5.74) is 5.56. The molecule has 0 nitrogen and oxygen atoms in total. The van der Waals surface area contributed by atoms with E-state index in [1.807, 2.05) is 0 Å². The second-order valence-electron chi connectivity index (χ2n) is 3.78. The maximum Gasteiger partial charge on any atom is 2.00 e. The summed E-state index contributed by atoms with van der Waals surface area (Å²) in [7, 11) is 0. The predicted molar refractivity (Wildman–Crippen MR) is 63.0 cm³/mol. The standard InChI is InChI=1S/2C7H9.Ru/c2*1-6-4-3-5-7(6)2;/h2*3-5H,1-2H3;/q2*-1;+2. The molecule has 0 atom stereocenters. The first-order valence-electron chi connectivity index (χ1n) is 4.99. The molecule has 0 spiro atoms. The molecule has 0 aliphatic heterocycles. The third-order valence-electron chi connectivity index (χ3n) is 2.63. The molecule has 0 aromatic heterocycles. The zero-order valence-electron chi connectivity index (χ0n) is 9.82. The van der Waals surface area contributed by atoms with Gasteiger partial charge >= 0.3 is 19.5 Å². The summed E-state index contributed by atoms with van der Waals surface area (Å²) < 4.78 is 0. The van der Waals surface area contributed by atoms with Gasteiger partial charge in [-0.2, -0.15) is 34.4 Å². The van der Waals surface area contributed by atoms with Crippen LogP contribution in [0.4, 0.5) is 0 Å². The molecular weight excluding hydrogens is 269 g/mol. The fraction of sp³-hybridized carbons (Fsp3) is 0.286. The van der Waals surface area contributed by atoms with Crippen LogP contribution in [0.25, 0.3) is 0 Å². The van der Waals surface area contributed by atoms with Crippen molar-refractivity contribution in [1.82, 2.24) is 0 Å². The summed E-state index contributed by atoms with van der Waals surface area (Å²) in [6.07, 6.45) is 0. The van der Waals surface area contributed by atoms with E-state index in [-0.39, 0.29) is 19.5 Å². The molecule has 0 N–H and O–H groups in total. The Labute approximate surface area is 106 Å². The van der Waals surface area contributed by atoms with Crippen LogP contribution in [0, 0.1) is 27.7 Å². The molecule has 1 heteroatoms. The van der Waals surface area contributed by atoms with E-state index in [1.54, 1.807) is 0 Å². The maximum atomic E-state index is 2.12. The summed E-state index contributed by atoms with van der Waals surface area (Å²) in [4.78, 5) is 0. The molecule has 0 aliphatic carbocycles. The fourth-order valence-electron chi connectivity index (χ4n) is 1.20. The summed E-state index contributed by atoms with van der Waals surface area (Å²) in [5, 5.41) is 0. The smallest absolute Gasteiger partial charge is 0.213 e. The van der Waals surface area contributed by atoms with Crippen molar-refractivity contribution in [2.24, 2.45) is 0 Å². The van der Waals surface area contributed by atoms with Crippen molar-refractivity contribution < 1.29 is 19.5 Å². The van der Waals surface area contributed by atoms with Gasteiger partial charge in [0.25, 0.3) is 0 Å². The first-order chi connectivity index (χ1) is 6.61. The Morgan fingerprint density at radius 2 is 1.13 bits per heavy atom. The average Bonchev–Trinajstić information content (AvgIpc) is 2.67. The number of rotatable bonds is 0. The van der Waals surface area contributed by atoms with Crippen LogP contribution in [-0.2, 0) is 19.5 Å². The van der Waals surface area contributed by atoms with Crippen molar-refractivity contribution in [1.29, 1.82) is 0 Å². The molecule has 82 valence electrons. The van der Waals surface area contributed by atoms with E-state index in [4.69, 9.17) is 0 Å². The van der Waals surface area contributed by atoms with Gasteiger partial charge in [0.1, 0.15) is 0 Å². The zero-order chi connectivity index (χ0) is 10.6. The first kappa shape index (κ1) is 14.3.